The monoisotopic (exact) mass is 265 g/mol. The molecule has 1 aromatic carbocycles. The zero-order valence-corrected chi connectivity index (χ0v) is 11.2. The molecule has 1 aliphatic carbocycles. The standard InChI is InChI=1S/C14H19NO4/c1-17-10-3-4-11-9(7-10)8-12(15)14(11)19-6-5-13(16)18-2/h3-4,7,12,14H,5-6,8,15H2,1-2H3. The molecule has 0 saturated heterocycles. The van der Waals surface area contributed by atoms with Crippen LogP contribution in [0.15, 0.2) is 18.2 Å². The highest BCUT2D eigenvalue weighted by molar-refractivity contribution is 5.69. The van der Waals surface area contributed by atoms with E-state index in [2.05, 4.69) is 4.74 Å². The van der Waals surface area contributed by atoms with Crippen LogP contribution in [0, 0.1) is 0 Å². The molecule has 2 atom stereocenters. The van der Waals surface area contributed by atoms with E-state index in [4.69, 9.17) is 15.2 Å². The zero-order valence-electron chi connectivity index (χ0n) is 11.2. The second kappa shape index (κ2) is 6.04. The van der Waals surface area contributed by atoms with Gasteiger partial charge in [0.05, 0.1) is 33.4 Å². The van der Waals surface area contributed by atoms with E-state index >= 15 is 0 Å². The van der Waals surface area contributed by atoms with Crippen LogP contribution in [0.1, 0.15) is 23.7 Å². The summed E-state index contributed by atoms with van der Waals surface area (Å²) < 4.78 is 15.5. The molecular formula is C14H19NO4. The molecular weight excluding hydrogens is 246 g/mol. The lowest BCUT2D eigenvalue weighted by Crippen LogP contribution is -2.27. The van der Waals surface area contributed by atoms with Crippen molar-refractivity contribution in [3.63, 3.8) is 0 Å². The van der Waals surface area contributed by atoms with E-state index in [1.54, 1.807) is 7.11 Å². The van der Waals surface area contributed by atoms with Crippen molar-refractivity contribution >= 4 is 5.97 Å². The summed E-state index contributed by atoms with van der Waals surface area (Å²) in [5.41, 5.74) is 8.32. The van der Waals surface area contributed by atoms with Crippen LogP contribution in [0.4, 0.5) is 0 Å². The number of benzene rings is 1. The van der Waals surface area contributed by atoms with Crippen LogP contribution < -0.4 is 10.5 Å². The summed E-state index contributed by atoms with van der Waals surface area (Å²) in [6.45, 7) is 0.316. The predicted octanol–water partition coefficient (Wildman–Crippen LogP) is 1.20. The first-order valence-electron chi connectivity index (χ1n) is 6.26. The van der Waals surface area contributed by atoms with Crippen molar-refractivity contribution in [1.82, 2.24) is 0 Å². The number of hydrogen-bond acceptors (Lipinski definition) is 5. The predicted molar refractivity (Wildman–Crippen MR) is 70.0 cm³/mol. The molecule has 0 saturated carbocycles. The summed E-state index contributed by atoms with van der Waals surface area (Å²) in [6.07, 6.45) is 0.839. The Balaban J connectivity index is 2.01. The van der Waals surface area contributed by atoms with E-state index in [1.807, 2.05) is 18.2 Å². The fourth-order valence-corrected chi connectivity index (χ4v) is 2.34. The van der Waals surface area contributed by atoms with E-state index in [9.17, 15) is 4.79 Å². The molecule has 0 heterocycles. The lowest BCUT2D eigenvalue weighted by Gasteiger charge is -2.17. The van der Waals surface area contributed by atoms with Crippen molar-refractivity contribution in [1.29, 1.82) is 0 Å². The average Bonchev–Trinajstić information content (AvgIpc) is 2.73. The van der Waals surface area contributed by atoms with E-state index in [1.165, 1.54) is 7.11 Å². The number of methoxy groups -OCH3 is 2. The number of hydrogen-bond donors (Lipinski definition) is 1. The van der Waals surface area contributed by atoms with E-state index in [0.29, 0.717) is 6.61 Å². The third-order valence-electron chi connectivity index (χ3n) is 3.33. The minimum atomic E-state index is -0.276. The molecule has 2 rings (SSSR count). The largest absolute Gasteiger partial charge is 0.497 e. The van der Waals surface area contributed by atoms with Gasteiger partial charge in [0.15, 0.2) is 0 Å². The quantitative estimate of drug-likeness (QED) is 0.810. The maximum atomic E-state index is 11.0. The molecule has 2 unspecified atom stereocenters. The topological polar surface area (TPSA) is 70.8 Å². The lowest BCUT2D eigenvalue weighted by molar-refractivity contribution is -0.142. The molecule has 5 heteroatoms. The Morgan fingerprint density at radius 3 is 2.89 bits per heavy atom. The van der Waals surface area contributed by atoms with Crippen LogP contribution in [0.25, 0.3) is 0 Å². The third kappa shape index (κ3) is 3.05. The fraction of sp³-hybridized carbons (Fsp3) is 0.500. The van der Waals surface area contributed by atoms with Crippen molar-refractivity contribution in [2.45, 2.75) is 25.0 Å². The maximum Gasteiger partial charge on any atom is 0.307 e. The van der Waals surface area contributed by atoms with Crippen LogP contribution >= 0.6 is 0 Å². The summed E-state index contributed by atoms with van der Waals surface area (Å²) in [6, 6.07) is 5.77. The molecule has 0 aromatic heterocycles. The Hall–Kier alpha value is -1.59. The summed E-state index contributed by atoms with van der Waals surface area (Å²) in [7, 11) is 3.01. The minimum Gasteiger partial charge on any atom is -0.497 e. The van der Waals surface area contributed by atoms with Crippen LogP contribution in [0.2, 0.25) is 0 Å². The van der Waals surface area contributed by atoms with Gasteiger partial charge in [-0.1, -0.05) is 6.07 Å². The molecule has 0 aliphatic heterocycles. The Morgan fingerprint density at radius 1 is 1.42 bits per heavy atom. The van der Waals surface area contributed by atoms with Crippen molar-refractivity contribution in [3.05, 3.63) is 29.3 Å². The first-order valence-corrected chi connectivity index (χ1v) is 6.26. The molecule has 104 valence electrons. The number of carbonyl (C=O) groups is 1. The zero-order chi connectivity index (χ0) is 13.8. The Morgan fingerprint density at radius 2 is 2.21 bits per heavy atom. The van der Waals surface area contributed by atoms with Gasteiger partial charge in [-0.3, -0.25) is 4.79 Å². The SMILES string of the molecule is COC(=O)CCOC1c2ccc(OC)cc2CC1N. The van der Waals surface area contributed by atoms with E-state index in [-0.39, 0.29) is 24.5 Å². The Bertz CT molecular complexity index is 461. The summed E-state index contributed by atoms with van der Waals surface area (Å²) in [5, 5.41) is 0. The minimum absolute atomic E-state index is 0.0836. The molecule has 0 bridgehead atoms. The number of nitrogens with two attached hydrogens (primary N) is 1. The Labute approximate surface area is 112 Å². The number of rotatable bonds is 5. The first kappa shape index (κ1) is 13.8. The molecule has 0 amide bonds. The van der Waals surface area contributed by atoms with Gasteiger partial charge in [-0.2, -0.15) is 0 Å². The molecule has 0 spiro atoms. The van der Waals surface area contributed by atoms with Gasteiger partial charge in [-0.25, -0.2) is 0 Å². The number of fused-ring (bicyclic) bond motifs is 1. The molecule has 1 aromatic rings. The summed E-state index contributed by atoms with van der Waals surface area (Å²) in [5.74, 6) is 0.544. The number of esters is 1. The van der Waals surface area contributed by atoms with Crippen molar-refractivity contribution in [2.75, 3.05) is 20.8 Å². The average molecular weight is 265 g/mol. The van der Waals surface area contributed by atoms with Gasteiger partial charge in [0.2, 0.25) is 0 Å². The number of carbonyl (C=O) groups excluding carboxylic acids is 1. The van der Waals surface area contributed by atoms with Gasteiger partial charge in [0.1, 0.15) is 5.75 Å². The van der Waals surface area contributed by atoms with E-state index < -0.39 is 0 Å². The van der Waals surface area contributed by atoms with Crippen molar-refractivity contribution < 1.29 is 19.0 Å². The number of ether oxygens (including phenoxy) is 3. The molecule has 5 nitrogen and oxygen atoms in total. The van der Waals surface area contributed by atoms with Crippen LogP contribution in [0.5, 0.6) is 5.75 Å². The maximum absolute atomic E-state index is 11.0. The fourth-order valence-electron chi connectivity index (χ4n) is 2.34. The first-order chi connectivity index (χ1) is 9.15. The van der Waals surface area contributed by atoms with Crippen LogP contribution in [0.3, 0.4) is 0 Å². The van der Waals surface area contributed by atoms with E-state index in [0.717, 1.165) is 23.3 Å². The highest BCUT2D eigenvalue weighted by atomic mass is 16.5. The second-order valence-corrected chi connectivity index (χ2v) is 4.55. The summed E-state index contributed by atoms with van der Waals surface area (Å²) >= 11 is 0. The highest BCUT2D eigenvalue weighted by Crippen LogP contribution is 2.35. The van der Waals surface area contributed by atoms with Crippen LogP contribution in [-0.2, 0) is 20.7 Å². The lowest BCUT2D eigenvalue weighted by atomic mass is 10.1. The highest BCUT2D eigenvalue weighted by Gasteiger charge is 2.31. The molecule has 0 fully saturated rings. The van der Waals surface area contributed by atoms with Gasteiger partial charge >= 0.3 is 5.97 Å². The summed E-state index contributed by atoms with van der Waals surface area (Å²) in [4.78, 5) is 11.0. The van der Waals surface area contributed by atoms with Gasteiger partial charge in [-0.15, -0.1) is 0 Å². The molecule has 19 heavy (non-hydrogen) atoms. The van der Waals surface area contributed by atoms with Crippen LogP contribution in [-0.4, -0.2) is 32.8 Å². The Kier molecular flexibility index (Phi) is 4.39. The second-order valence-electron chi connectivity index (χ2n) is 4.55. The van der Waals surface area contributed by atoms with Gasteiger partial charge < -0.3 is 19.9 Å². The molecule has 1 aliphatic rings. The normalized spacial score (nSPS) is 21.0. The van der Waals surface area contributed by atoms with Gasteiger partial charge in [-0.05, 0) is 29.7 Å². The molecule has 2 N–H and O–H groups in total. The smallest absolute Gasteiger partial charge is 0.307 e. The van der Waals surface area contributed by atoms with Gasteiger partial charge in [0, 0.05) is 6.04 Å². The third-order valence-corrected chi connectivity index (χ3v) is 3.33. The van der Waals surface area contributed by atoms with Gasteiger partial charge in [0.25, 0.3) is 0 Å². The van der Waals surface area contributed by atoms with Crippen molar-refractivity contribution in [3.8, 4) is 5.75 Å². The molecule has 0 radical (unpaired) electrons. The van der Waals surface area contributed by atoms with Crippen molar-refractivity contribution in [2.24, 2.45) is 5.73 Å².